The number of rotatable bonds is 6. The minimum absolute atomic E-state index is 0.129. The maximum atomic E-state index is 12.5. The molecule has 2 heterocycles. The van der Waals surface area contributed by atoms with Gasteiger partial charge >= 0.3 is 7.60 Å². The maximum absolute atomic E-state index is 12.5. The van der Waals surface area contributed by atoms with Crippen molar-refractivity contribution < 1.29 is 13.6 Å². The summed E-state index contributed by atoms with van der Waals surface area (Å²) in [7, 11) is -3.18. The van der Waals surface area contributed by atoms with E-state index in [1.807, 2.05) is 0 Å². The second-order valence-corrected chi connectivity index (χ2v) is 6.21. The highest BCUT2D eigenvalue weighted by Gasteiger charge is 2.25. The molecule has 0 aliphatic rings. The highest BCUT2D eigenvalue weighted by molar-refractivity contribution is 7.53. The first kappa shape index (κ1) is 14.5. The van der Waals surface area contributed by atoms with Crippen molar-refractivity contribution in [3.8, 4) is 0 Å². The lowest BCUT2D eigenvalue weighted by molar-refractivity contribution is 0.219. The zero-order chi connectivity index (χ0) is 13.9. The molecule has 2 rings (SSSR count). The van der Waals surface area contributed by atoms with Gasteiger partial charge in [0.1, 0.15) is 5.15 Å². The zero-order valence-corrected chi connectivity index (χ0v) is 12.4. The van der Waals surface area contributed by atoms with Crippen LogP contribution in [0.3, 0.4) is 0 Å². The van der Waals surface area contributed by atoms with Crippen molar-refractivity contribution in [2.24, 2.45) is 0 Å². The van der Waals surface area contributed by atoms with E-state index in [0.29, 0.717) is 29.8 Å². The van der Waals surface area contributed by atoms with Crippen LogP contribution in [0.1, 0.15) is 19.5 Å². The second kappa shape index (κ2) is 6.01. The summed E-state index contributed by atoms with van der Waals surface area (Å²) in [5.74, 6) is 0.460. The average molecular weight is 304 g/mol. The fourth-order valence-corrected chi connectivity index (χ4v) is 3.67. The smallest absolute Gasteiger partial charge is 0.309 e. The Balaban J connectivity index is 2.38. The van der Waals surface area contributed by atoms with E-state index >= 15 is 0 Å². The van der Waals surface area contributed by atoms with Crippen LogP contribution in [0.2, 0.25) is 5.15 Å². The van der Waals surface area contributed by atoms with E-state index in [-0.39, 0.29) is 6.16 Å². The molecular formula is C11H15ClN3O3P. The molecule has 2 aromatic heterocycles. The molecule has 0 spiro atoms. The first-order valence-corrected chi connectivity index (χ1v) is 8.05. The highest BCUT2D eigenvalue weighted by atomic mass is 35.5. The summed E-state index contributed by atoms with van der Waals surface area (Å²) >= 11 is 5.93. The number of hydrogen-bond donors (Lipinski definition) is 0. The Bertz CT molecular complexity index is 606. The molecule has 0 N–H and O–H groups in total. The van der Waals surface area contributed by atoms with Gasteiger partial charge in [0.05, 0.1) is 19.4 Å². The summed E-state index contributed by atoms with van der Waals surface area (Å²) in [6.07, 6.45) is 3.47. The van der Waals surface area contributed by atoms with E-state index < -0.39 is 7.60 Å². The number of nitrogens with zero attached hydrogens (tertiary/aromatic N) is 3. The predicted octanol–water partition coefficient (Wildman–Crippen LogP) is 3.15. The third-order valence-corrected chi connectivity index (χ3v) is 4.64. The van der Waals surface area contributed by atoms with Crippen LogP contribution in [0.25, 0.3) is 5.78 Å². The maximum Gasteiger partial charge on any atom is 0.336 e. The molecule has 8 heteroatoms. The van der Waals surface area contributed by atoms with Crippen molar-refractivity contribution in [3.63, 3.8) is 0 Å². The van der Waals surface area contributed by atoms with Gasteiger partial charge in [0.2, 0.25) is 5.78 Å². The van der Waals surface area contributed by atoms with Crippen LogP contribution in [-0.4, -0.2) is 27.6 Å². The molecule has 0 saturated carbocycles. The molecule has 0 saturated heterocycles. The lowest BCUT2D eigenvalue weighted by Gasteiger charge is -2.17. The van der Waals surface area contributed by atoms with Gasteiger partial charge in [-0.25, -0.2) is 9.97 Å². The molecule has 0 unspecified atom stereocenters. The Hall–Kier alpha value is -0.940. The van der Waals surface area contributed by atoms with Gasteiger partial charge in [-0.3, -0.25) is 8.97 Å². The van der Waals surface area contributed by atoms with Crippen LogP contribution >= 0.6 is 19.2 Å². The van der Waals surface area contributed by atoms with E-state index in [9.17, 15) is 4.57 Å². The summed E-state index contributed by atoms with van der Waals surface area (Å²) in [5, 5.41) is 0.299. The standard InChI is InChI=1S/C11H15ClN3O3P/c1-3-17-19(16,18-4-2)8-9-7-10(12)14-11-13-5-6-15(9)11/h5-7H,3-4,8H2,1-2H3. The summed E-state index contributed by atoms with van der Waals surface area (Å²) in [5.41, 5.74) is 0.692. The van der Waals surface area contributed by atoms with Gasteiger partial charge < -0.3 is 9.05 Å². The van der Waals surface area contributed by atoms with Crippen molar-refractivity contribution in [1.82, 2.24) is 14.4 Å². The van der Waals surface area contributed by atoms with Crippen molar-refractivity contribution in [2.75, 3.05) is 13.2 Å². The quantitative estimate of drug-likeness (QED) is 0.606. The van der Waals surface area contributed by atoms with Crippen LogP contribution in [-0.2, 0) is 19.8 Å². The fourth-order valence-electron chi connectivity index (χ4n) is 1.78. The Labute approximate surface area is 116 Å². The first-order valence-electron chi connectivity index (χ1n) is 5.94. The van der Waals surface area contributed by atoms with Crippen LogP contribution in [0.15, 0.2) is 18.5 Å². The van der Waals surface area contributed by atoms with E-state index in [2.05, 4.69) is 9.97 Å². The molecule has 0 radical (unpaired) electrons. The average Bonchev–Trinajstić information content (AvgIpc) is 2.77. The molecular weight excluding hydrogens is 289 g/mol. The lowest BCUT2D eigenvalue weighted by atomic mass is 10.4. The van der Waals surface area contributed by atoms with Crippen molar-refractivity contribution >= 4 is 25.0 Å². The Kier molecular flexibility index (Phi) is 4.58. The number of fused-ring (bicyclic) bond motifs is 1. The summed E-state index contributed by atoms with van der Waals surface area (Å²) < 4.78 is 24.8. The van der Waals surface area contributed by atoms with Crippen molar-refractivity contribution in [3.05, 3.63) is 29.3 Å². The summed E-state index contributed by atoms with van der Waals surface area (Å²) in [6, 6.07) is 1.64. The van der Waals surface area contributed by atoms with Crippen molar-refractivity contribution in [2.45, 2.75) is 20.0 Å². The molecule has 0 aromatic carbocycles. The molecule has 6 nitrogen and oxygen atoms in total. The van der Waals surface area contributed by atoms with E-state index in [0.717, 1.165) is 0 Å². The molecule has 104 valence electrons. The summed E-state index contributed by atoms with van der Waals surface area (Å²) in [4.78, 5) is 8.12. The van der Waals surface area contributed by atoms with Gasteiger partial charge in [-0.15, -0.1) is 0 Å². The van der Waals surface area contributed by atoms with Gasteiger partial charge in [-0.1, -0.05) is 11.6 Å². The van der Waals surface area contributed by atoms with Gasteiger partial charge in [-0.05, 0) is 19.9 Å². The molecule has 0 fully saturated rings. The van der Waals surface area contributed by atoms with Crippen LogP contribution < -0.4 is 0 Å². The number of halogens is 1. The van der Waals surface area contributed by atoms with E-state index in [4.69, 9.17) is 20.6 Å². The number of aromatic nitrogens is 3. The first-order chi connectivity index (χ1) is 9.08. The number of hydrogen-bond acceptors (Lipinski definition) is 5. The Morgan fingerprint density at radius 1 is 1.37 bits per heavy atom. The largest absolute Gasteiger partial charge is 0.336 e. The van der Waals surface area contributed by atoms with Gasteiger partial charge in [0.15, 0.2) is 0 Å². The van der Waals surface area contributed by atoms with Crippen molar-refractivity contribution in [1.29, 1.82) is 0 Å². The van der Waals surface area contributed by atoms with Crippen LogP contribution in [0.5, 0.6) is 0 Å². The Morgan fingerprint density at radius 3 is 2.68 bits per heavy atom. The molecule has 0 amide bonds. The SMILES string of the molecule is CCOP(=O)(Cc1cc(Cl)nc2nccn12)OCC. The summed E-state index contributed by atoms with van der Waals surface area (Å²) in [6.45, 7) is 4.20. The minimum Gasteiger partial charge on any atom is -0.309 e. The third kappa shape index (κ3) is 3.34. The van der Waals surface area contributed by atoms with Gasteiger partial charge in [0.25, 0.3) is 0 Å². The molecule has 19 heavy (non-hydrogen) atoms. The third-order valence-electron chi connectivity index (χ3n) is 2.43. The molecule has 0 atom stereocenters. The topological polar surface area (TPSA) is 65.7 Å². The van der Waals surface area contributed by atoms with Gasteiger partial charge in [0, 0.05) is 18.1 Å². The monoisotopic (exact) mass is 303 g/mol. The van der Waals surface area contributed by atoms with Gasteiger partial charge in [-0.2, -0.15) is 0 Å². The fraction of sp³-hybridized carbons (Fsp3) is 0.455. The minimum atomic E-state index is -3.18. The predicted molar refractivity (Wildman–Crippen MR) is 72.6 cm³/mol. The highest BCUT2D eigenvalue weighted by Crippen LogP contribution is 2.51. The molecule has 2 aromatic rings. The van der Waals surface area contributed by atoms with E-state index in [1.54, 1.807) is 36.7 Å². The van der Waals surface area contributed by atoms with Crippen LogP contribution in [0.4, 0.5) is 0 Å². The normalized spacial score (nSPS) is 12.2. The van der Waals surface area contributed by atoms with Crippen LogP contribution in [0, 0.1) is 0 Å². The number of imidazole rings is 1. The lowest BCUT2D eigenvalue weighted by Crippen LogP contribution is -2.04. The molecule has 0 bridgehead atoms. The zero-order valence-electron chi connectivity index (χ0n) is 10.7. The molecule has 0 aliphatic carbocycles. The molecule has 0 aliphatic heterocycles. The van der Waals surface area contributed by atoms with E-state index in [1.165, 1.54) is 0 Å². The Morgan fingerprint density at radius 2 is 2.05 bits per heavy atom. The second-order valence-electron chi connectivity index (χ2n) is 3.77.